The van der Waals surface area contributed by atoms with Crippen molar-refractivity contribution in [3.05, 3.63) is 29.3 Å². The lowest BCUT2D eigenvalue weighted by Gasteiger charge is -2.26. The molecule has 0 aromatic heterocycles. The van der Waals surface area contributed by atoms with E-state index in [-0.39, 0.29) is 0 Å². The van der Waals surface area contributed by atoms with Gasteiger partial charge in [-0.1, -0.05) is 19.1 Å². The van der Waals surface area contributed by atoms with Gasteiger partial charge in [-0.15, -0.1) is 0 Å². The van der Waals surface area contributed by atoms with Gasteiger partial charge < -0.3 is 19.9 Å². The van der Waals surface area contributed by atoms with Crippen LogP contribution in [0, 0.1) is 0 Å². The summed E-state index contributed by atoms with van der Waals surface area (Å²) < 4.78 is 16.1. The lowest BCUT2D eigenvalue weighted by molar-refractivity contribution is -0.157. The van der Waals surface area contributed by atoms with Gasteiger partial charge in [0.1, 0.15) is 0 Å². The van der Waals surface area contributed by atoms with Gasteiger partial charge >= 0.3 is 5.97 Å². The highest BCUT2D eigenvalue weighted by atomic mass is 16.7. The van der Waals surface area contributed by atoms with E-state index in [4.69, 9.17) is 19.9 Å². The molecule has 0 saturated carbocycles. The van der Waals surface area contributed by atoms with Crippen molar-refractivity contribution < 1.29 is 19.0 Å². The topological polar surface area (TPSA) is 70.8 Å². The lowest BCUT2D eigenvalue weighted by Crippen LogP contribution is -2.32. The maximum absolute atomic E-state index is 11.6. The number of para-hydroxylation sites is 1. The van der Waals surface area contributed by atoms with E-state index in [0.29, 0.717) is 30.9 Å². The molecular formula is C14H19NO4. The molecule has 0 amide bonds. The monoisotopic (exact) mass is 265 g/mol. The van der Waals surface area contributed by atoms with E-state index in [1.54, 1.807) is 12.1 Å². The minimum atomic E-state index is -0.622. The Bertz CT molecular complexity index is 467. The third kappa shape index (κ3) is 2.72. The molecule has 0 radical (unpaired) electrons. The van der Waals surface area contributed by atoms with Crippen molar-refractivity contribution in [2.45, 2.75) is 25.6 Å². The van der Waals surface area contributed by atoms with Gasteiger partial charge in [0.15, 0.2) is 5.79 Å². The summed E-state index contributed by atoms with van der Waals surface area (Å²) in [5.41, 5.74) is 7.69. The number of methoxy groups -OCH3 is 1. The number of hydrogen-bond acceptors (Lipinski definition) is 5. The van der Waals surface area contributed by atoms with Crippen LogP contribution in [0.3, 0.4) is 0 Å². The number of rotatable bonds is 4. The smallest absolute Gasteiger partial charge is 0.339 e. The fourth-order valence-electron chi connectivity index (χ4n) is 2.27. The van der Waals surface area contributed by atoms with Crippen LogP contribution in [0.15, 0.2) is 18.2 Å². The van der Waals surface area contributed by atoms with Gasteiger partial charge in [0.2, 0.25) is 0 Å². The summed E-state index contributed by atoms with van der Waals surface area (Å²) in [5, 5.41) is 0. The van der Waals surface area contributed by atoms with E-state index in [2.05, 4.69) is 0 Å². The second kappa shape index (κ2) is 5.59. The Labute approximate surface area is 112 Å². The van der Waals surface area contributed by atoms with Crippen molar-refractivity contribution in [3.8, 4) is 0 Å². The number of nitrogen functional groups attached to an aromatic ring is 1. The third-order valence-corrected chi connectivity index (χ3v) is 3.41. The molecule has 1 aromatic rings. The van der Waals surface area contributed by atoms with Crippen LogP contribution in [-0.4, -0.2) is 32.1 Å². The van der Waals surface area contributed by atoms with Gasteiger partial charge in [0.05, 0.1) is 25.9 Å². The molecule has 1 aliphatic heterocycles. The number of hydrogen-bond donors (Lipinski definition) is 1. The van der Waals surface area contributed by atoms with Gasteiger partial charge in [-0.3, -0.25) is 0 Å². The van der Waals surface area contributed by atoms with E-state index in [1.807, 2.05) is 13.0 Å². The summed E-state index contributed by atoms with van der Waals surface area (Å²) >= 11 is 0. The van der Waals surface area contributed by atoms with Gasteiger partial charge in [-0.05, 0) is 18.1 Å². The van der Waals surface area contributed by atoms with Gasteiger partial charge in [0, 0.05) is 12.1 Å². The average molecular weight is 265 g/mol. The molecule has 104 valence electrons. The zero-order valence-corrected chi connectivity index (χ0v) is 11.3. The first-order valence-corrected chi connectivity index (χ1v) is 6.35. The van der Waals surface area contributed by atoms with Crippen LogP contribution in [-0.2, 0) is 20.6 Å². The van der Waals surface area contributed by atoms with Crippen LogP contribution in [0.4, 0.5) is 5.69 Å². The number of nitrogens with two attached hydrogens (primary N) is 1. The molecule has 0 atom stereocenters. The number of esters is 1. The highest BCUT2D eigenvalue weighted by Crippen LogP contribution is 2.30. The van der Waals surface area contributed by atoms with Gasteiger partial charge in [-0.25, -0.2) is 4.79 Å². The van der Waals surface area contributed by atoms with Crippen molar-refractivity contribution in [1.82, 2.24) is 0 Å². The largest absolute Gasteiger partial charge is 0.465 e. The Balaban J connectivity index is 2.28. The SMILES string of the molecule is CCC1(Cc2cccc(C(=O)OC)c2N)OCCO1. The fourth-order valence-corrected chi connectivity index (χ4v) is 2.27. The summed E-state index contributed by atoms with van der Waals surface area (Å²) in [6.45, 7) is 3.18. The normalized spacial score (nSPS) is 17.4. The Morgan fingerprint density at radius 3 is 2.68 bits per heavy atom. The molecule has 1 saturated heterocycles. The van der Waals surface area contributed by atoms with E-state index in [9.17, 15) is 4.79 Å². The average Bonchev–Trinajstić information content (AvgIpc) is 2.89. The van der Waals surface area contributed by atoms with Crippen molar-refractivity contribution in [1.29, 1.82) is 0 Å². The van der Waals surface area contributed by atoms with Gasteiger partial charge in [0.25, 0.3) is 0 Å². The first-order valence-electron chi connectivity index (χ1n) is 6.35. The summed E-state index contributed by atoms with van der Waals surface area (Å²) in [7, 11) is 1.34. The molecule has 1 aliphatic rings. The predicted molar refractivity (Wildman–Crippen MR) is 70.8 cm³/mol. The molecule has 0 unspecified atom stereocenters. The molecule has 19 heavy (non-hydrogen) atoms. The zero-order valence-electron chi connectivity index (χ0n) is 11.3. The predicted octanol–water partition coefficient (Wildman–Crippen LogP) is 1.75. The number of ether oxygens (including phenoxy) is 3. The van der Waals surface area contributed by atoms with Crippen LogP contribution in [0.1, 0.15) is 29.3 Å². The Hall–Kier alpha value is -1.59. The van der Waals surface area contributed by atoms with E-state index in [1.165, 1.54) is 7.11 Å². The lowest BCUT2D eigenvalue weighted by atomic mass is 9.98. The standard InChI is InChI=1S/C14H19NO4/c1-3-14(18-7-8-19-14)9-10-5-4-6-11(12(10)15)13(16)17-2/h4-6H,3,7-9,15H2,1-2H3. The van der Waals surface area contributed by atoms with Gasteiger partial charge in [-0.2, -0.15) is 0 Å². The van der Waals surface area contributed by atoms with E-state index >= 15 is 0 Å². The first-order chi connectivity index (χ1) is 9.12. The second-order valence-electron chi connectivity index (χ2n) is 4.51. The van der Waals surface area contributed by atoms with E-state index < -0.39 is 11.8 Å². The molecule has 1 heterocycles. The van der Waals surface area contributed by atoms with Crippen LogP contribution < -0.4 is 5.73 Å². The Kier molecular flexibility index (Phi) is 4.07. The zero-order chi connectivity index (χ0) is 13.9. The Morgan fingerprint density at radius 2 is 2.11 bits per heavy atom. The molecule has 1 fully saturated rings. The Morgan fingerprint density at radius 1 is 1.42 bits per heavy atom. The summed E-state index contributed by atoms with van der Waals surface area (Å²) in [5.74, 6) is -1.05. The molecule has 0 bridgehead atoms. The summed E-state index contributed by atoms with van der Waals surface area (Å²) in [4.78, 5) is 11.6. The maximum Gasteiger partial charge on any atom is 0.339 e. The minimum absolute atomic E-state index is 0.379. The molecule has 0 aliphatic carbocycles. The number of carbonyl (C=O) groups excluding carboxylic acids is 1. The molecule has 5 nitrogen and oxygen atoms in total. The van der Waals surface area contributed by atoms with Crippen molar-refractivity contribution in [3.63, 3.8) is 0 Å². The fraction of sp³-hybridized carbons (Fsp3) is 0.500. The van der Waals surface area contributed by atoms with Crippen LogP contribution in [0.25, 0.3) is 0 Å². The summed E-state index contributed by atoms with van der Waals surface area (Å²) in [6.07, 6.45) is 1.26. The molecule has 2 N–H and O–H groups in total. The quantitative estimate of drug-likeness (QED) is 0.663. The first kappa shape index (κ1) is 13.8. The highest BCUT2D eigenvalue weighted by Gasteiger charge is 2.35. The number of carbonyl (C=O) groups is 1. The van der Waals surface area contributed by atoms with Crippen LogP contribution in [0.5, 0.6) is 0 Å². The van der Waals surface area contributed by atoms with Crippen molar-refractivity contribution >= 4 is 11.7 Å². The molecular weight excluding hydrogens is 246 g/mol. The molecule has 1 aromatic carbocycles. The highest BCUT2D eigenvalue weighted by molar-refractivity contribution is 5.95. The number of benzene rings is 1. The molecule has 2 rings (SSSR count). The third-order valence-electron chi connectivity index (χ3n) is 3.41. The second-order valence-corrected chi connectivity index (χ2v) is 4.51. The number of anilines is 1. The van der Waals surface area contributed by atoms with Crippen molar-refractivity contribution in [2.24, 2.45) is 0 Å². The van der Waals surface area contributed by atoms with E-state index in [0.717, 1.165) is 12.0 Å². The van der Waals surface area contributed by atoms with Crippen LogP contribution >= 0.6 is 0 Å². The maximum atomic E-state index is 11.6. The van der Waals surface area contributed by atoms with Crippen LogP contribution in [0.2, 0.25) is 0 Å². The molecule has 0 spiro atoms. The minimum Gasteiger partial charge on any atom is -0.465 e. The summed E-state index contributed by atoms with van der Waals surface area (Å²) in [6, 6.07) is 5.32. The van der Waals surface area contributed by atoms with Crippen molar-refractivity contribution in [2.75, 3.05) is 26.1 Å². The molecule has 5 heteroatoms.